The van der Waals surface area contributed by atoms with Crippen LogP contribution < -0.4 is 4.74 Å². The van der Waals surface area contributed by atoms with Crippen molar-refractivity contribution in [3.05, 3.63) is 53.7 Å². The first-order valence-electron chi connectivity index (χ1n) is 8.15. The maximum absolute atomic E-state index is 12.7. The molecule has 1 aromatic carbocycles. The molecule has 0 bridgehead atoms. The molecule has 1 saturated heterocycles. The highest BCUT2D eigenvalue weighted by Gasteiger charge is 2.49. The number of halogens is 3. The van der Waals surface area contributed by atoms with Crippen molar-refractivity contribution in [2.45, 2.75) is 51.4 Å². The zero-order valence-corrected chi connectivity index (χ0v) is 14.9. The number of hydrogen-bond donors (Lipinski definition) is 0. The molecular formula is C19H20F3NO3. The zero-order valence-electron chi connectivity index (χ0n) is 14.9. The summed E-state index contributed by atoms with van der Waals surface area (Å²) in [6.07, 6.45) is -3.89. The van der Waals surface area contributed by atoms with Crippen molar-refractivity contribution in [3.8, 4) is 11.6 Å². The fourth-order valence-electron chi connectivity index (χ4n) is 2.43. The maximum atomic E-state index is 12.7. The Kier molecular flexibility index (Phi) is 4.48. The molecule has 0 N–H and O–H groups in total. The molecule has 4 nitrogen and oxygen atoms in total. The number of ether oxygens (including phenoxy) is 3. The lowest BCUT2D eigenvalue weighted by atomic mass is 9.90. The fraction of sp³-hybridized carbons (Fsp3) is 0.421. The first-order valence-corrected chi connectivity index (χ1v) is 8.15. The van der Waals surface area contributed by atoms with Crippen LogP contribution in [0, 0.1) is 0 Å². The number of hydrogen-bond acceptors (Lipinski definition) is 4. The molecule has 0 radical (unpaired) electrons. The molecule has 0 amide bonds. The molecule has 0 atom stereocenters. The topological polar surface area (TPSA) is 40.6 Å². The standard InChI is InChI=1S/C19H20F3NO3/c1-17(2)18(3,4)26-16(25-17)12-5-7-14(8-6-12)24-15-11-13(9-10-23-15)19(20,21)22/h5-11,16H,1-4H3. The lowest BCUT2D eigenvalue weighted by molar-refractivity contribution is -0.137. The SMILES string of the molecule is CC1(C)OC(c2ccc(Oc3cc(C(F)(F)F)ccn3)cc2)OC1(C)C. The summed E-state index contributed by atoms with van der Waals surface area (Å²) in [5.41, 5.74) is -0.909. The third-order valence-corrected chi connectivity index (χ3v) is 4.69. The maximum Gasteiger partial charge on any atom is 0.416 e. The summed E-state index contributed by atoms with van der Waals surface area (Å²) in [6, 6.07) is 8.55. The van der Waals surface area contributed by atoms with Gasteiger partial charge in [0.2, 0.25) is 5.88 Å². The predicted molar refractivity (Wildman–Crippen MR) is 88.8 cm³/mol. The minimum atomic E-state index is -4.44. The van der Waals surface area contributed by atoms with Crippen LogP contribution >= 0.6 is 0 Å². The summed E-state index contributed by atoms with van der Waals surface area (Å²) in [7, 11) is 0. The van der Waals surface area contributed by atoms with E-state index in [1.807, 2.05) is 27.7 Å². The van der Waals surface area contributed by atoms with Gasteiger partial charge in [0.15, 0.2) is 6.29 Å². The number of alkyl halides is 3. The van der Waals surface area contributed by atoms with E-state index in [0.29, 0.717) is 5.75 Å². The average Bonchev–Trinajstić information content (AvgIpc) is 2.75. The van der Waals surface area contributed by atoms with Crippen LogP contribution in [-0.4, -0.2) is 16.2 Å². The van der Waals surface area contributed by atoms with Gasteiger partial charge in [0.25, 0.3) is 0 Å². The smallest absolute Gasteiger partial charge is 0.416 e. The summed E-state index contributed by atoms with van der Waals surface area (Å²) in [5.74, 6) is 0.250. The predicted octanol–water partition coefficient (Wildman–Crippen LogP) is 5.50. The first kappa shape index (κ1) is 18.7. The van der Waals surface area contributed by atoms with Gasteiger partial charge in [-0.05, 0) is 45.9 Å². The Morgan fingerprint density at radius 2 is 1.54 bits per heavy atom. The van der Waals surface area contributed by atoms with E-state index in [2.05, 4.69) is 4.98 Å². The van der Waals surface area contributed by atoms with Gasteiger partial charge < -0.3 is 14.2 Å². The Balaban J connectivity index is 1.73. The van der Waals surface area contributed by atoms with E-state index in [1.54, 1.807) is 24.3 Å². The van der Waals surface area contributed by atoms with Gasteiger partial charge in [0.1, 0.15) is 5.75 Å². The van der Waals surface area contributed by atoms with E-state index < -0.39 is 29.2 Å². The van der Waals surface area contributed by atoms with E-state index in [4.69, 9.17) is 14.2 Å². The van der Waals surface area contributed by atoms with Gasteiger partial charge in [-0.3, -0.25) is 0 Å². The molecule has 0 saturated carbocycles. The van der Waals surface area contributed by atoms with Crippen molar-refractivity contribution >= 4 is 0 Å². The van der Waals surface area contributed by atoms with Crippen LogP contribution in [0.15, 0.2) is 42.6 Å². The van der Waals surface area contributed by atoms with Crippen LogP contribution in [-0.2, 0) is 15.7 Å². The van der Waals surface area contributed by atoms with Gasteiger partial charge in [-0.1, -0.05) is 12.1 Å². The lowest BCUT2D eigenvalue weighted by Gasteiger charge is -2.30. The normalized spacial score (nSPS) is 19.5. The fourth-order valence-corrected chi connectivity index (χ4v) is 2.43. The van der Waals surface area contributed by atoms with E-state index in [9.17, 15) is 13.2 Å². The van der Waals surface area contributed by atoms with E-state index in [1.165, 1.54) is 0 Å². The quantitative estimate of drug-likeness (QED) is 0.719. The second kappa shape index (κ2) is 6.25. The molecule has 0 unspecified atom stereocenters. The van der Waals surface area contributed by atoms with Crippen LogP contribution in [0.5, 0.6) is 11.6 Å². The Morgan fingerprint density at radius 1 is 0.962 bits per heavy atom. The number of nitrogens with zero attached hydrogens (tertiary/aromatic N) is 1. The second-order valence-corrected chi connectivity index (χ2v) is 7.14. The average molecular weight is 367 g/mol. The second-order valence-electron chi connectivity index (χ2n) is 7.14. The molecule has 1 aliphatic rings. The number of rotatable bonds is 3. The summed E-state index contributed by atoms with van der Waals surface area (Å²) in [6.45, 7) is 7.85. The summed E-state index contributed by atoms with van der Waals surface area (Å²) >= 11 is 0. The van der Waals surface area contributed by atoms with Crippen molar-refractivity contribution < 1.29 is 27.4 Å². The summed E-state index contributed by atoms with van der Waals surface area (Å²) in [4.78, 5) is 3.81. The summed E-state index contributed by atoms with van der Waals surface area (Å²) in [5, 5.41) is 0. The molecule has 140 valence electrons. The van der Waals surface area contributed by atoms with Crippen molar-refractivity contribution in [3.63, 3.8) is 0 Å². The molecule has 0 aliphatic carbocycles. The molecule has 3 rings (SSSR count). The molecule has 1 aromatic heterocycles. The largest absolute Gasteiger partial charge is 0.439 e. The molecule has 1 aliphatic heterocycles. The van der Waals surface area contributed by atoms with Crippen molar-refractivity contribution in [2.75, 3.05) is 0 Å². The first-order chi connectivity index (χ1) is 12.0. The lowest BCUT2D eigenvalue weighted by Crippen LogP contribution is -2.41. The Labute approximate surface area is 149 Å². The van der Waals surface area contributed by atoms with Crippen molar-refractivity contribution in [2.24, 2.45) is 0 Å². The van der Waals surface area contributed by atoms with Crippen LogP contribution in [0.4, 0.5) is 13.2 Å². The molecule has 0 spiro atoms. The molecule has 2 heterocycles. The van der Waals surface area contributed by atoms with E-state index in [0.717, 1.165) is 23.9 Å². The van der Waals surface area contributed by atoms with Crippen LogP contribution in [0.1, 0.15) is 45.1 Å². The van der Waals surface area contributed by atoms with E-state index >= 15 is 0 Å². The van der Waals surface area contributed by atoms with Gasteiger partial charge >= 0.3 is 6.18 Å². The van der Waals surface area contributed by atoms with Gasteiger partial charge in [-0.25, -0.2) is 4.98 Å². The number of pyridine rings is 1. The molecule has 26 heavy (non-hydrogen) atoms. The minimum Gasteiger partial charge on any atom is -0.439 e. The monoisotopic (exact) mass is 367 g/mol. The number of benzene rings is 1. The third-order valence-electron chi connectivity index (χ3n) is 4.69. The van der Waals surface area contributed by atoms with Crippen LogP contribution in [0.2, 0.25) is 0 Å². The molecular weight excluding hydrogens is 347 g/mol. The number of aromatic nitrogens is 1. The van der Waals surface area contributed by atoms with Crippen LogP contribution in [0.3, 0.4) is 0 Å². The van der Waals surface area contributed by atoms with Gasteiger partial charge in [0, 0.05) is 17.8 Å². The van der Waals surface area contributed by atoms with E-state index in [-0.39, 0.29) is 5.88 Å². The summed E-state index contributed by atoms with van der Waals surface area (Å²) < 4.78 is 55.6. The molecule has 1 fully saturated rings. The third kappa shape index (κ3) is 3.68. The Bertz CT molecular complexity index is 769. The molecule has 7 heteroatoms. The molecule has 2 aromatic rings. The highest BCUT2D eigenvalue weighted by molar-refractivity contribution is 5.33. The minimum absolute atomic E-state index is 0.122. The van der Waals surface area contributed by atoms with Gasteiger partial charge in [-0.15, -0.1) is 0 Å². The zero-order chi connectivity index (χ0) is 19.2. The van der Waals surface area contributed by atoms with Crippen LogP contribution in [0.25, 0.3) is 0 Å². The van der Waals surface area contributed by atoms with Crippen molar-refractivity contribution in [1.82, 2.24) is 4.98 Å². The highest BCUT2D eigenvalue weighted by Crippen LogP contribution is 2.44. The Morgan fingerprint density at radius 3 is 2.08 bits per heavy atom. The van der Waals surface area contributed by atoms with Gasteiger partial charge in [0.05, 0.1) is 16.8 Å². The van der Waals surface area contributed by atoms with Crippen molar-refractivity contribution in [1.29, 1.82) is 0 Å². The van der Waals surface area contributed by atoms with Gasteiger partial charge in [-0.2, -0.15) is 13.2 Å². The Hall–Kier alpha value is -2.12. The highest BCUT2D eigenvalue weighted by atomic mass is 19.4.